The monoisotopic (exact) mass is 1410 g/mol. The Hall–Kier alpha value is -3.18. The first-order valence-corrected chi connectivity index (χ1v) is 34.3. The van der Waals surface area contributed by atoms with E-state index >= 15 is 4.79 Å². The highest BCUT2D eigenvalue weighted by Crippen LogP contribution is 2.76. The molecule has 11 rings (SSSR count). The molecule has 0 aromatic rings. The quantitative estimate of drug-likeness (QED) is 0.0295. The molecule has 37 atom stereocenters. The van der Waals surface area contributed by atoms with E-state index < -0.39 is 249 Å². The molecule has 11 aliphatic rings. The summed E-state index contributed by atoms with van der Waals surface area (Å²) in [5.41, 5.74) is -3.39. The fourth-order valence-electron chi connectivity index (χ4n) is 19.1. The lowest BCUT2D eigenvalue weighted by Crippen LogP contribution is -2.68. The average Bonchev–Trinajstić information content (AvgIpc) is 0.758. The first-order valence-electron chi connectivity index (χ1n) is 34.3. The van der Waals surface area contributed by atoms with Crippen LogP contribution in [-0.4, -0.2) is 299 Å². The van der Waals surface area contributed by atoms with Gasteiger partial charge in [0.25, 0.3) is 0 Å². The second kappa shape index (κ2) is 28.4. The van der Waals surface area contributed by atoms with Crippen molar-refractivity contribution < 1.29 is 157 Å². The van der Waals surface area contributed by atoms with Crippen LogP contribution in [0.1, 0.15) is 127 Å². The molecule has 0 amide bonds. The maximum absolute atomic E-state index is 16.1. The number of hydrogen-bond donors (Lipinski definition) is 15. The maximum Gasteiger partial charge on any atom is 0.335 e. The molecular weight excluding hydrogens is 1300 g/mol. The van der Waals surface area contributed by atoms with Gasteiger partial charge in [0.15, 0.2) is 49.8 Å². The molecule has 15 N–H and O–H groups in total. The third kappa shape index (κ3) is 13.0. The minimum absolute atomic E-state index is 0.0804. The largest absolute Gasteiger partial charge is 0.479 e. The molecule has 0 radical (unpaired) electrons. The fraction of sp³-hybridized carbons (Fsp3) is 0.909. The van der Waals surface area contributed by atoms with Crippen LogP contribution in [0.5, 0.6) is 0 Å². The predicted octanol–water partition coefficient (Wildman–Crippen LogP) is -3.21. The Morgan fingerprint density at radius 3 is 1.72 bits per heavy atom. The van der Waals surface area contributed by atoms with E-state index in [4.69, 9.17) is 61.6 Å². The minimum atomic E-state index is -2.11. The molecule has 98 heavy (non-hydrogen) atoms. The van der Waals surface area contributed by atoms with Gasteiger partial charge in [0.05, 0.1) is 49.0 Å². The Kier molecular flexibility index (Phi) is 22.0. The molecule has 0 aromatic heterocycles. The van der Waals surface area contributed by atoms with Crippen molar-refractivity contribution in [3.8, 4) is 0 Å². The van der Waals surface area contributed by atoms with Crippen LogP contribution in [0.3, 0.4) is 0 Å². The predicted molar refractivity (Wildman–Crippen MR) is 324 cm³/mol. The Morgan fingerprint density at radius 2 is 1.09 bits per heavy atom. The molecule has 0 spiro atoms. The van der Waals surface area contributed by atoms with Gasteiger partial charge in [0.2, 0.25) is 6.29 Å². The van der Waals surface area contributed by atoms with Gasteiger partial charge in [-0.05, 0) is 117 Å². The number of carboxylic acids is 1. The van der Waals surface area contributed by atoms with Crippen LogP contribution in [0, 0.1) is 50.2 Å². The van der Waals surface area contributed by atoms with Gasteiger partial charge in [-0.3, -0.25) is 9.59 Å². The van der Waals surface area contributed by atoms with Gasteiger partial charge in [-0.25, -0.2) is 4.79 Å². The highest BCUT2D eigenvalue weighted by atomic mass is 16.8. The molecule has 6 saturated heterocycles. The number of carbonyl (C=O) groups excluding carboxylic acids is 3. The van der Waals surface area contributed by atoms with Crippen molar-refractivity contribution in [1.29, 1.82) is 0 Å². The molecular formula is C66H102O32. The molecule has 0 bridgehead atoms. The van der Waals surface area contributed by atoms with Crippen molar-refractivity contribution in [3.63, 3.8) is 0 Å². The first-order chi connectivity index (χ1) is 46.0. The Balaban J connectivity index is 0.878. The summed E-state index contributed by atoms with van der Waals surface area (Å²) < 4.78 is 79.1. The normalized spacial score (nSPS) is 53.2. The molecule has 2 unspecified atom stereocenters. The van der Waals surface area contributed by atoms with Gasteiger partial charge in [0, 0.05) is 6.92 Å². The highest BCUT2D eigenvalue weighted by Gasteiger charge is 2.71. The molecule has 558 valence electrons. The second-order valence-electron chi connectivity index (χ2n) is 31.2. The van der Waals surface area contributed by atoms with Gasteiger partial charge in [-0.2, -0.15) is 0 Å². The zero-order chi connectivity index (χ0) is 71.6. The number of aliphatic hydroxyl groups excluding tert-OH is 14. The minimum Gasteiger partial charge on any atom is -0.479 e. The third-order valence-corrected chi connectivity index (χ3v) is 25.0. The van der Waals surface area contributed by atoms with E-state index in [0.717, 1.165) is 18.8 Å². The van der Waals surface area contributed by atoms with Crippen molar-refractivity contribution in [3.05, 3.63) is 11.6 Å². The smallest absolute Gasteiger partial charge is 0.335 e. The molecule has 10 fully saturated rings. The summed E-state index contributed by atoms with van der Waals surface area (Å²) in [5.74, 6) is -4.07. The first kappa shape index (κ1) is 76.0. The van der Waals surface area contributed by atoms with Crippen LogP contribution in [0.15, 0.2) is 11.6 Å². The summed E-state index contributed by atoms with van der Waals surface area (Å²) in [5, 5.41) is 162. The molecule has 32 nitrogen and oxygen atoms in total. The zero-order valence-corrected chi connectivity index (χ0v) is 56.5. The average molecular weight is 1410 g/mol. The van der Waals surface area contributed by atoms with Crippen molar-refractivity contribution >= 4 is 24.2 Å². The maximum atomic E-state index is 16.1. The zero-order valence-electron chi connectivity index (χ0n) is 56.5. The number of aliphatic hydroxyl groups is 14. The number of esters is 2. The number of hydrogen-bond acceptors (Lipinski definition) is 31. The highest BCUT2D eigenvalue weighted by molar-refractivity contribution is 5.79. The van der Waals surface area contributed by atoms with E-state index in [1.807, 2.05) is 0 Å². The summed E-state index contributed by atoms with van der Waals surface area (Å²) >= 11 is 0. The van der Waals surface area contributed by atoms with Crippen LogP contribution in [0.2, 0.25) is 0 Å². The molecule has 4 saturated carbocycles. The van der Waals surface area contributed by atoms with Crippen LogP contribution >= 0.6 is 0 Å². The topological polar surface area (TPSA) is 492 Å². The van der Waals surface area contributed by atoms with Gasteiger partial charge in [-0.15, -0.1) is 0 Å². The summed E-state index contributed by atoms with van der Waals surface area (Å²) in [7, 11) is 0. The molecule has 6 aliphatic heterocycles. The van der Waals surface area contributed by atoms with Gasteiger partial charge < -0.3 is 143 Å². The van der Waals surface area contributed by atoms with Crippen molar-refractivity contribution in [1.82, 2.24) is 0 Å². The van der Waals surface area contributed by atoms with Crippen LogP contribution in [0.4, 0.5) is 0 Å². The lowest BCUT2D eigenvalue weighted by atomic mass is 9.33. The Bertz CT molecular complexity index is 2890. The number of allylic oxidation sites excluding steroid dienone is 2. The number of ether oxygens (including phenoxy) is 13. The lowest BCUT2D eigenvalue weighted by Gasteiger charge is -2.71. The van der Waals surface area contributed by atoms with E-state index in [2.05, 4.69) is 40.7 Å². The number of aldehydes is 1. The van der Waals surface area contributed by atoms with Crippen molar-refractivity contribution in [2.24, 2.45) is 50.2 Å². The van der Waals surface area contributed by atoms with Gasteiger partial charge in [0.1, 0.15) is 110 Å². The summed E-state index contributed by atoms with van der Waals surface area (Å²) in [4.78, 5) is 55.5. The van der Waals surface area contributed by atoms with E-state index in [9.17, 15) is 91.0 Å². The van der Waals surface area contributed by atoms with Crippen LogP contribution in [0.25, 0.3) is 0 Å². The van der Waals surface area contributed by atoms with E-state index in [1.165, 1.54) is 13.8 Å². The van der Waals surface area contributed by atoms with Crippen molar-refractivity contribution in [2.75, 3.05) is 19.8 Å². The Morgan fingerprint density at radius 1 is 0.541 bits per heavy atom. The number of fused-ring (bicyclic) bond motifs is 7. The molecule has 6 heterocycles. The standard InChI is InChI=1S/C66H102O32/c1-25-47(93-54-43(79)36(72)30(71)23-86-54)42(78)46(82)55(87-25)97-52-51(96-56-44(80)38(74)32(22-68)91-56)48(89-27(3)70)26(2)88-59(52)98-60(85)66-18-16-61(4,5)20-29(66)28-10-11-34-62(6)14-13-35(63(7,24-69)33(62)12-15-65(34,9)64(28,8)17-19-66)92-58-50(41(77)40(76)49(94-58)53(83)84)95-57-45(81)39(75)37(73)31(21-67)90-57/h10,24-26,29-52,54-59,67-68,71-82H,11-23H2,1-9H3,(H,83,84)/t25-,26+,29-,30+,31+,32-,33?,34?,35-,36-,37-,38-,39-,40-,41-,42-,43+,44+,45+,46+,47-,48-,49-,50+,51-,52+,54-,55-,56-,57-,58+,59-,62-,63-,64+,65+,66-/m0/s1. The SMILES string of the molecule is CC(=O)O[C@@H]1[C@H](O[C@@H]2O[C@@H](CO)[C@H](O)[C@H]2O)[C@@H](O[C@@H]2O[C@@H](C)[C@H](O[C@@H]3OC[C@@H](O)[C@H](O)[C@H]3O)[C@@H](O)[C@H]2O)[C@H](OC(=O)[C@]23CCC(C)(C)C[C@H]2C2=CCC4[C@@]5(C)CC[C@H](O[C@@H]6O[C@H](C(=O)O)[C@@H](O)[C@H](O)[C@H]6O[C@@H]6O[C@H](CO)[C@H](O)[C@H](O)[C@H]6O)[C@@](C)(C=O)C5CC[C@@]4(C)[C@]2(C)CC3)O[C@@H]1C. The molecule has 32 heteroatoms. The Labute approximate surface area is 566 Å². The lowest BCUT2D eigenvalue weighted by molar-refractivity contribution is -0.382. The number of rotatable bonds is 17. The van der Waals surface area contributed by atoms with E-state index in [-0.39, 0.29) is 23.7 Å². The van der Waals surface area contributed by atoms with Crippen LogP contribution in [-0.2, 0) is 80.8 Å². The van der Waals surface area contributed by atoms with Gasteiger partial charge in [-0.1, -0.05) is 53.2 Å². The van der Waals surface area contributed by atoms with Crippen molar-refractivity contribution in [2.45, 2.75) is 305 Å². The summed E-state index contributed by atoms with van der Waals surface area (Å²) in [6.45, 7) is 14.8. The molecule has 5 aliphatic carbocycles. The number of aliphatic carboxylic acids is 1. The van der Waals surface area contributed by atoms with E-state index in [0.29, 0.717) is 57.8 Å². The summed E-state index contributed by atoms with van der Waals surface area (Å²) in [6, 6.07) is 0. The summed E-state index contributed by atoms with van der Waals surface area (Å²) in [6.07, 6.45) is -41.7. The van der Waals surface area contributed by atoms with E-state index in [1.54, 1.807) is 6.92 Å². The number of carboxylic acid groups (broad SMARTS) is 1. The third-order valence-electron chi connectivity index (χ3n) is 25.0. The number of carbonyl (C=O) groups is 4. The van der Waals surface area contributed by atoms with Gasteiger partial charge >= 0.3 is 17.9 Å². The second-order valence-corrected chi connectivity index (χ2v) is 31.2. The molecule has 0 aromatic carbocycles. The fourth-order valence-corrected chi connectivity index (χ4v) is 19.1. The van der Waals surface area contributed by atoms with Crippen LogP contribution < -0.4 is 0 Å².